The molecule has 3 heterocycles. The van der Waals surface area contributed by atoms with E-state index in [1.54, 1.807) is 24.3 Å². The maximum Gasteiger partial charge on any atom is 0.256 e. The zero-order valence-corrected chi connectivity index (χ0v) is 19.3. The maximum absolute atomic E-state index is 14.6. The molecule has 0 unspecified atom stereocenters. The Kier molecular flexibility index (Phi) is 5.79. The van der Waals surface area contributed by atoms with E-state index in [1.165, 1.54) is 6.07 Å². The second kappa shape index (κ2) is 8.91. The van der Waals surface area contributed by atoms with E-state index in [9.17, 15) is 14.0 Å². The molecule has 3 aromatic rings. The molecular weight excluding hydrogens is 431 g/mol. The molecule has 0 aliphatic carbocycles. The van der Waals surface area contributed by atoms with Crippen LogP contribution in [0, 0.1) is 12.7 Å². The molecule has 2 N–H and O–H groups in total. The second-order valence-electron chi connectivity index (χ2n) is 8.97. The number of H-pyrrole nitrogens is 1. The van der Waals surface area contributed by atoms with Gasteiger partial charge in [0.25, 0.3) is 5.91 Å². The summed E-state index contributed by atoms with van der Waals surface area (Å²) in [6.07, 6.45) is 2.04. The third kappa shape index (κ3) is 4.15. The van der Waals surface area contributed by atoms with Crippen LogP contribution in [0.5, 0.6) is 0 Å². The van der Waals surface area contributed by atoms with Gasteiger partial charge in [-0.05, 0) is 49.4 Å². The van der Waals surface area contributed by atoms with E-state index in [0.717, 1.165) is 43.1 Å². The number of likely N-dealkylation sites (N-methyl/N-ethyl adjacent to an activating group) is 1. The van der Waals surface area contributed by atoms with Crippen molar-refractivity contribution in [3.05, 3.63) is 76.9 Å². The molecule has 2 aliphatic heterocycles. The van der Waals surface area contributed by atoms with E-state index in [-0.39, 0.29) is 24.1 Å². The van der Waals surface area contributed by atoms with Gasteiger partial charge in [0, 0.05) is 54.4 Å². The molecule has 0 spiro atoms. The molecule has 0 atom stereocenters. The number of piperazine rings is 1. The molecule has 0 radical (unpaired) electrons. The number of amides is 2. The fraction of sp³-hybridized carbons (Fsp3) is 0.259. The number of nitrogens with one attached hydrogen (secondary N) is 2. The van der Waals surface area contributed by atoms with Crippen LogP contribution in [0.25, 0.3) is 22.8 Å². The standard InChI is InChI=1S/C27H27FN4O2/c1-17-14-18(15-25(33)32-12-10-31(2)11-13-32)24(29-17)16-21-26-20(19-6-3-4-8-22(19)28)7-5-9-23(26)30-27(21)34/h3-9,14,16,29H,10-13,15H2,1-2H3,(H,30,34)/b21-16-. The van der Waals surface area contributed by atoms with Crippen molar-refractivity contribution in [1.82, 2.24) is 14.8 Å². The van der Waals surface area contributed by atoms with Crippen LogP contribution in [0.2, 0.25) is 0 Å². The van der Waals surface area contributed by atoms with Gasteiger partial charge in [0.15, 0.2) is 0 Å². The van der Waals surface area contributed by atoms with Crippen LogP contribution >= 0.6 is 0 Å². The van der Waals surface area contributed by atoms with E-state index in [4.69, 9.17) is 0 Å². The number of aryl methyl sites for hydroxylation is 1. The van der Waals surface area contributed by atoms with E-state index in [0.29, 0.717) is 28.0 Å². The summed E-state index contributed by atoms with van der Waals surface area (Å²) in [5.74, 6) is -0.513. The Morgan fingerprint density at radius 2 is 1.79 bits per heavy atom. The molecule has 6 nitrogen and oxygen atoms in total. The molecule has 0 bridgehead atoms. The van der Waals surface area contributed by atoms with Crippen molar-refractivity contribution in [2.24, 2.45) is 0 Å². The summed E-state index contributed by atoms with van der Waals surface area (Å²) in [4.78, 5) is 33.3. The van der Waals surface area contributed by atoms with Crippen LogP contribution < -0.4 is 5.32 Å². The third-order valence-corrected chi connectivity index (χ3v) is 6.55. The molecule has 7 heteroatoms. The van der Waals surface area contributed by atoms with E-state index < -0.39 is 0 Å². The summed E-state index contributed by atoms with van der Waals surface area (Å²) < 4.78 is 14.6. The predicted molar refractivity (Wildman–Crippen MR) is 132 cm³/mol. The van der Waals surface area contributed by atoms with Gasteiger partial charge in [0.05, 0.1) is 12.0 Å². The van der Waals surface area contributed by atoms with Gasteiger partial charge >= 0.3 is 0 Å². The average molecular weight is 459 g/mol. The van der Waals surface area contributed by atoms with Gasteiger partial charge in [-0.3, -0.25) is 9.59 Å². The van der Waals surface area contributed by atoms with Crippen molar-refractivity contribution in [3.8, 4) is 11.1 Å². The lowest BCUT2D eigenvalue weighted by Crippen LogP contribution is -2.47. The number of aromatic nitrogens is 1. The molecule has 2 aliphatic rings. The number of carbonyl (C=O) groups excluding carboxylic acids is 2. The molecule has 1 fully saturated rings. The minimum absolute atomic E-state index is 0.0788. The molecule has 0 saturated carbocycles. The molecule has 1 aromatic heterocycles. The number of hydrogen-bond acceptors (Lipinski definition) is 3. The smallest absolute Gasteiger partial charge is 0.256 e. The largest absolute Gasteiger partial charge is 0.359 e. The lowest BCUT2D eigenvalue weighted by atomic mass is 9.93. The van der Waals surface area contributed by atoms with Crippen LogP contribution in [0.1, 0.15) is 22.5 Å². The fourth-order valence-electron chi connectivity index (χ4n) is 4.71. The maximum atomic E-state index is 14.6. The summed E-state index contributed by atoms with van der Waals surface area (Å²) in [6, 6.07) is 14.0. The lowest BCUT2D eigenvalue weighted by molar-refractivity contribution is -0.132. The highest BCUT2D eigenvalue weighted by Gasteiger charge is 2.29. The number of nitrogens with zero attached hydrogens (tertiary/aromatic N) is 2. The Morgan fingerprint density at radius 1 is 1.06 bits per heavy atom. The zero-order chi connectivity index (χ0) is 23.8. The SMILES string of the molecule is Cc1cc(CC(=O)N2CCN(C)CC2)c(/C=C2\C(=O)Nc3cccc(-c4ccccc4F)c32)[nH]1. The first kappa shape index (κ1) is 22.1. The zero-order valence-electron chi connectivity index (χ0n) is 19.3. The first-order chi connectivity index (χ1) is 16.4. The van der Waals surface area contributed by atoms with Crippen LogP contribution in [0.15, 0.2) is 48.5 Å². The van der Waals surface area contributed by atoms with Crippen molar-refractivity contribution in [3.63, 3.8) is 0 Å². The number of aromatic amines is 1. The summed E-state index contributed by atoms with van der Waals surface area (Å²) in [7, 11) is 2.06. The van der Waals surface area contributed by atoms with Gasteiger partial charge in [-0.1, -0.05) is 30.3 Å². The van der Waals surface area contributed by atoms with Crippen LogP contribution in [-0.2, 0) is 16.0 Å². The number of hydrogen-bond donors (Lipinski definition) is 2. The van der Waals surface area contributed by atoms with Gasteiger partial charge in [-0.15, -0.1) is 0 Å². The first-order valence-corrected chi connectivity index (χ1v) is 11.5. The normalized spacial score (nSPS) is 17.2. The lowest BCUT2D eigenvalue weighted by Gasteiger charge is -2.32. The van der Waals surface area contributed by atoms with E-state index >= 15 is 0 Å². The monoisotopic (exact) mass is 458 g/mol. The summed E-state index contributed by atoms with van der Waals surface area (Å²) >= 11 is 0. The molecule has 2 amide bonds. The Hall–Kier alpha value is -3.71. The van der Waals surface area contributed by atoms with Crippen molar-refractivity contribution in [2.75, 3.05) is 38.5 Å². The topological polar surface area (TPSA) is 68.4 Å². The van der Waals surface area contributed by atoms with E-state index in [2.05, 4.69) is 22.2 Å². The molecular formula is C27H27FN4O2. The predicted octanol–water partition coefficient (Wildman–Crippen LogP) is 3.94. The minimum Gasteiger partial charge on any atom is -0.359 e. The molecule has 2 aromatic carbocycles. The summed E-state index contributed by atoms with van der Waals surface area (Å²) in [5.41, 5.74) is 5.34. The summed E-state index contributed by atoms with van der Waals surface area (Å²) in [6.45, 7) is 5.10. The number of carbonyl (C=O) groups is 2. The van der Waals surface area contributed by atoms with Gasteiger partial charge < -0.3 is 20.1 Å². The quantitative estimate of drug-likeness (QED) is 0.582. The Balaban J connectivity index is 1.51. The number of rotatable bonds is 4. The van der Waals surface area contributed by atoms with Crippen LogP contribution in [-0.4, -0.2) is 59.8 Å². The van der Waals surface area contributed by atoms with Crippen molar-refractivity contribution >= 4 is 29.2 Å². The highest BCUT2D eigenvalue weighted by molar-refractivity contribution is 6.36. The highest BCUT2D eigenvalue weighted by Crippen LogP contribution is 2.41. The van der Waals surface area contributed by atoms with Gasteiger partial charge in [0.1, 0.15) is 5.82 Å². The number of halogens is 1. The van der Waals surface area contributed by atoms with Crippen molar-refractivity contribution in [1.29, 1.82) is 0 Å². The van der Waals surface area contributed by atoms with Crippen molar-refractivity contribution in [2.45, 2.75) is 13.3 Å². The Labute approximate surface area is 198 Å². The van der Waals surface area contributed by atoms with Gasteiger partial charge in [0.2, 0.25) is 5.91 Å². The number of fused-ring (bicyclic) bond motifs is 1. The first-order valence-electron chi connectivity index (χ1n) is 11.5. The fourth-order valence-corrected chi connectivity index (χ4v) is 4.71. The molecule has 34 heavy (non-hydrogen) atoms. The average Bonchev–Trinajstić information content (AvgIpc) is 3.33. The van der Waals surface area contributed by atoms with Crippen LogP contribution in [0.4, 0.5) is 10.1 Å². The highest BCUT2D eigenvalue weighted by atomic mass is 19.1. The van der Waals surface area contributed by atoms with Gasteiger partial charge in [-0.2, -0.15) is 0 Å². The van der Waals surface area contributed by atoms with Crippen molar-refractivity contribution < 1.29 is 14.0 Å². The van der Waals surface area contributed by atoms with E-state index in [1.807, 2.05) is 36.1 Å². The minimum atomic E-state index is -0.344. The second-order valence-corrected chi connectivity index (χ2v) is 8.97. The van der Waals surface area contributed by atoms with Gasteiger partial charge in [-0.25, -0.2) is 4.39 Å². The molecule has 174 valence electrons. The Morgan fingerprint density at radius 3 is 2.56 bits per heavy atom. The Bertz CT molecular complexity index is 1300. The number of benzene rings is 2. The molecule has 5 rings (SSSR count). The third-order valence-electron chi connectivity index (χ3n) is 6.55. The molecule has 1 saturated heterocycles. The number of anilines is 1. The van der Waals surface area contributed by atoms with Crippen LogP contribution in [0.3, 0.4) is 0 Å². The summed E-state index contributed by atoms with van der Waals surface area (Å²) in [5, 5.41) is 2.90.